The van der Waals surface area contributed by atoms with Crippen LogP contribution in [0, 0.1) is 0 Å². The topological polar surface area (TPSA) is 61.8 Å². The molecule has 0 atom stereocenters. The molecule has 0 bridgehead atoms. The van der Waals surface area contributed by atoms with E-state index < -0.39 is 24.5 Å². The van der Waals surface area contributed by atoms with Gasteiger partial charge >= 0.3 is 18.1 Å². The summed E-state index contributed by atoms with van der Waals surface area (Å²) in [7, 11) is 0. The summed E-state index contributed by atoms with van der Waals surface area (Å²) in [5.41, 5.74) is 1.01. The quantitative estimate of drug-likeness (QED) is 0.210. The van der Waals surface area contributed by atoms with Gasteiger partial charge in [-0.25, -0.2) is 9.59 Å². The monoisotopic (exact) mass is 436 g/mol. The van der Waals surface area contributed by atoms with Gasteiger partial charge in [0, 0.05) is 12.5 Å². The lowest BCUT2D eigenvalue weighted by atomic mass is 10.2. The first kappa shape index (κ1) is 24.0. The zero-order valence-corrected chi connectivity index (χ0v) is 17.0. The third-order valence-electron chi connectivity index (χ3n) is 3.91. The molecule has 0 aliphatic rings. The molecule has 2 aromatic rings. The maximum Gasteiger partial charge on any atom is 0.389 e. The third-order valence-corrected chi connectivity index (χ3v) is 3.91. The highest BCUT2D eigenvalue weighted by Gasteiger charge is 2.26. The number of hydrogen-bond acceptors (Lipinski definition) is 5. The molecule has 0 aromatic heterocycles. The van der Waals surface area contributed by atoms with Crippen molar-refractivity contribution in [1.82, 2.24) is 0 Å². The highest BCUT2D eigenvalue weighted by atomic mass is 19.4. The van der Waals surface area contributed by atoms with Crippen LogP contribution in [0.25, 0.3) is 6.08 Å². The van der Waals surface area contributed by atoms with Gasteiger partial charge in [0.2, 0.25) is 0 Å². The molecule has 0 N–H and O–H groups in total. The molecule has 0 radical (unpaired) electrons. The maximum absolute atomic E-state index is 12.2. The van der Waals surface area contributed by atoms with Gasteiger partial charge in [-0.1, -0.05) is 19.1 Å². The summed E-state index contributed by atoms with van der Waals surface area (Å²) in [6.45, 7) is 2.20. The van der Waals surface area contributed by atoms with Crippen LogP contribution in [0.15, 0.2) is 54.6 Å². The number of halogens is 3. The molecular weight excluding hydrogens is 413 g/mol. The Morgan fingerprint density at radius 2 is 1.58 bits per heavy atom. The number of rotatable bonds is 10. The van der Waals surface area contributed by atoms with Gasteiger partial charge < -0.3 is 14.2 Å². The zero-order chi connectivity index (χ0) is 22.7. The molecule has 0 spiro atoms. The summed E-state index contributed by atoms with van der Waals surface area (Å²) in [4.78, 5) is 23.7. The van der Waals surface area contributed by atoms with Gasteiger partial charge in [0.1, 0.15) is 11.5 Å². The molecule has 0 amide bonds. The molecule has 0 fully saturated rings. The first-order valence-corrected chi connectivity index (χ1v) is 9.73. The molecule has 0 heterocycles. The molecule has 0 saturated carbocycles. The van der Waals surface area contributed by atoms with E-state index in [0.29, 0.717) is 18.1 Å². The summed E-state index contributed by atoms with van der Waals surface area (Å²) in [5.74, 6) is -0.323. The van der Waals surface area contributed by atoms with Gasteiger partial charge in [0.05, 0.1) is 18.8 Å². The van der Waals surface area contributed by atoms with E-state index in [1.165, 1.54) is 30.3 Å². The van der Waals surface area contributed by atoms with E-state index in [4.69, 9.17) is 14.2 Å². The lowest BCUT2D eigenvalue weighted by molar-refractivity contribution is -0.138. The van der Waals surface area contributed by atoms with Crippen molar-refractivity contribution in [3.05, 3.63) is 65.7 Å². The second-order valence-electron chi connectivity index (χ2n) is 6.55. The van der Waals surface area contributed by atoms with E-state index in [9.17, 15) is 22.8 Å². The molecule has 0 aliphatic carbocycles. The fourth-order valence-electron chi connectivity index (χ4n) is 2.38. The van der Waals surface area contributed by atoms with Crippen molar-refractivity contribution in [2.45, 2.75) is 32.4 Å². The van der Waals surface area contributed by atoms with Gasteiger partial charge in [0.15, 0.2) is 0 Å². The van der Waals surface area contributed by atoms with Crippen LogP contribution in [0.4, 0.5) is 13.2 Å². The summed E-state index contributed by atoms with van der Waals surface area (Å²) in [6.07, 6.45) is -1.59. The fourth-order valence-corrected chi connectivity index (χ4v) is 2.38. The second kappa shape index (κ2) is 11.8. The number of carbonyl (C=O) groups is 2. The summed E-state index contributed by atoms with van der Waals surface area (Å²) in [6, 6.07) is 12.5. The predicted octanol–water partition coefficient (Wildman–Crippen LogP) is 5.59. The first-order chi connectivity index (χ1) is 14.8. The van der Waals surface area contributed by atoms with Crippen molar-refractivity contribution >= 4 is 18.0 Å². The number of benzene rings is 2. The Morgan fingerprint density at radius 1 is 0.935 bits per heavy atom. The maximum atomic E-state index is 12.2. The Bertz CT molecular complexity index is 872. The number of esters is 2. The molecule has 2 rings (SSSR count). The van der Waals surface area contributed by atoms with Crippen molar-refractivity contribution in [1.29, 1.82) is 0 Å². The van der Waals surface area contributed by atoms with Gasteiger partial charge in [-0.15, -0.1) is 0 Å². The largest absolute Gasteiger partial charge is 0.494 e. The lowest BCUT2D eigenvalue weighted by Gasteiger charge is -2.09. The zero-order valence-electron chi connectivity index (χ0n) is 17.0. The average molecular weight is 436 g/mol. The summed E-state index contributed by atoms with van der Waals surface area (Å²) >= 11 is 0. The minimum atomic E-state index is -4.20. The van der Waals surface area contributed by atoms with Crippen LogP contribution in [-0.2, 0) is 9.53 Å². The molecular formula is C23H23F3O5. The molecule has 5 nitrogen and oxygen atoms in total. The van der Waals surface area contributed by atoms with Crippen molar-refractivity contribution in [3.8, 4) is 11.5 Å². The van der Waals surface area contributed by atoms with Crippen molar-refractivity contribution in [3.63, 3.8) is 0 Å². The molecule has 0 aliphatic heterocycles. The predicted molar refractivity (Wildman–Crippen MR) is 109 cm³/mol. The van der Waals surface area contributed by atoms with Crippen molar-refractivity contribution in [2.24, 2.45) is 0 Å². The molecule has 166 valence electrons. The smallest absolute Gasteiger partial charge is 0.389 e. The second-order valence-corrected chi connectivity index (χ2v) is 6.55. The van der Waals surface area contributed by atoms with Gasteiger partial charge in [-0.05, 0) is 60.9 Å². The lowest BCUT2D eigenvalue weighted by Crippen LogP contribution is -2.10. The molecule has 0 saturated heterocycles. The van der Waals surface area contributed by atoms with Crippen LogP contribution in [0.5, 0.6) is 11.5 Å². The fraction of sp³-hybridized carbons (Fsp3) is 0.304. The van der Waals surface area contributed by atoms with Crippen LogP contribution in [-0.4, -0.2) is 31.3 Å². The van der Waals surface area contributed by atoms with E-state index in [1.54, 1.807) is 30.3 Å². The minimum absolute atomic E-state index is 0.0690. The number of hydrogen-bond donors (Lipinski definition) is 0. The number of ether oxygens (including phenoxy) is 3. The number of alkyl halides is 3. The Labute approximate surface area is 178 Å². The minimum Gasteiger partial charge on any atom is -0.494 e. The van der Waals surface area contributed by atoms with E-state index in [-0.39, 0.29) is 18.6 Å². The average Bonchev–Trinajstić information content (AvgIpc) is 2.74. The van der Waals surface area contributed by atoms with E-state index in [0.717, 1.165) is 12.0 Å². The van der Waals surface area contributed by atoms with Crippen LogP contribution in [0.2, 0.25) is 0 Å². The van der Waals surface area contributed by atoms with Crippen molar-refractivity contribution in [2.75, 3.05) is 13.2 Å². The van der Waals surface area contributed by atoms with Gasteiger partial charge in [0.25, 0.3) is 0 Å². The summed E-state index contributed by atoms with van der Waals surface area (Å²) < 4.78 is 51.8. The van der Waals surface area contributed by atoms with Crippen LogP contribution >= 0.6 is 0 Å². The standard InChI is InChI=1S/C23H23F3O5/c1-2-15-30-21(27)13-6-17-4-9-20(10-5-17)31-22(28)18-7-11-19(12-8-18)29-16-3-14-23(24,25)26/h4-13H,2-3,14-16H2,1H3/b13-6+. The molecule has 2 aromatic carbocycles. The Morgan fingerprint density at radius 3 is 2.19 bits per heavy atom. The SMILES string of the molecule is CCCOC(=O)/C=C/c1ccc(OC(=O)c2ccc(OCCCC(F)(F)F)cc2)cc1. The molecule has 31 heavy (non-hydrogen) atoms. The molecule has 8 heteroatoms. The first-order valence-electron chi connectivity index (χ1n) is 9.73. The van der Waals surface area contributed by atoms with E-state index >= 15 is 0 Å². The normalized spacial score (nSPS) is 11.4. The number of carbonyl (C=O) groups excluding carboxylic acids is 2. The summed E-state index contributed by atoms with van der Waals surface area (Å²) in [5, 5.41) is 0. The van der Waals surface area contributed by atoms with Crippen molar-refractivity contribution < 1.29 is 37.0 Å². The highest BCUT2D eigenvalue weighted by molar-refractivity contribution is 5.91. The van der Waals surface area contributed by atoms with E-state index in [1.807, 2.05) is 6.92 Å². The highest BCUT2D eigenvalue weighted by Crippen LogP contribution is 2.22. The van der Waals surface area contributed by atoms with Crippen LogP contribution in [0.1, 0.15) is 42.1 Å². The van der Waals surface area contributed by atoms with Crippen LogP contribution in [0.3, 0.4) is 0 Å². The Hall–Kier alpha value is -3.29. The third kappa shape index (κ3) is 9.37. The van der Waals surface area contributed by atoms with Gasteiger partial charge in [-0.3, -0.25) is 0 Å². The molecule has 0 unspecified atom stereocenters. The van der Waals surface area contributed by atoms with Gasteiger partial charge in [-0.2, -0.15) is 13.2 Å². The van der Waals surface area contributed by atoms with Crippen LogP contribution < -0.4 is 9.47 Å². The Balaban J connectivity index is 1.83. The van der Waals surface area contributed by atoms with E-state index in [2.05, 4.69) is 0 Å². The Kier molecular flexibility index (Phi) is 9.12.